The van der Waals surface area contributed by atoms with Crippen molar-refractivity contribution in [3.63, 3.8) is 0 Å². The molecule has 0 heterocycles. The highest BCUT2D eigenvalue weighted by Gasteiger charge is 2.31. The van der Waals surface area contributed by atoms with Gasteiger partial charge in [-0.1, -0.05) is 396 Å². The van der Waals surface area contributed by atoms with Crippen LogP contribution >= 0.6 is 15.6 Å². The largest absolute Gasteiger partial charge is 0.472 e. The van der Waals surface area contributed by atoms with Gasteiger partial charge in [0.25, 0.3) is 0 Å². The van der Waals surface area contributed by atoms with Gasteiger partial charge < -0.3 is 33.8 Å². The summed E-state index contributed by atoms with van der Waals surface area (Å²) in [4.78, 5) is 73.2. The molecule has 0 aromatic carbocycles. The van der Waals surface area contributed by atoms with Gasteiger partial charge in [0.15, 0.2) is 12.2 Å². The Bertz CT molecular complexity index is 2040. The van der Waals surface area contributed by atoms with Crippen molar-refractivity contribution in [3.8, 4) is 0 Å². The molecule has 0 spiro atoms. The third kappa shape index (κ3) is 78.5. The average molecular weight is 1540 g/mol. The van der Waals surface area contributed by atoms with Gasteiger partial charge in [-0.2, -0.15) is 0 Å². The molecule has 0 saturated carbocycles. The first-order valence-corrected chi connectivity index (χ1v) is 47.2. The van der Waals surface area contributed by atoms with E-state index in [2.05, 4.69) is 55.4 Å². The number of carbonyl (C=O) groups is 4. The molecule has 105 heavy (non-hydrogen) atoms. The van der Waals surface area contributed by atoms with Crippen molar-refractivity contribution < 1.29 is 80.2 Å². The molecule has 624 valence electrons. The lowest BCUT2D eigenvalue weighted by Crippen LogP contribution is -2.30. The molecule has 0 fully saturated rings. The SMILES string of the molecule is CCC(C)CCCCCCCCCCCCCCCCCCCCC(=O)OC[C@H](COP(=O)(O)OC[C@@H](O)COP(=O)(O)OC[C@@H](COC(=O)CCCCCCCCC(C)C)OC(=O)CCCCCCCCCCCCCCCCC(C)C)OC(=O)CCCCCCCCCCCCCCCCC(C)C. The summed E-state index contributed by atoms with van der Waals surface area (Å²) in [5.74, 6) is 1.03. The summed E-state index contributed by atoms with van der Waals surface area (Å²) in [5, 5.41) is 10.7. The van der Waals surface area contributed by atoms with Crippen LogP contribution < -0.4 is 0 Å². The first-order chi connectivity index (χ1) is 50.6. The minimum atomic E-state index is -4.97. The number of ether oxygens (including phenoxy) is 4. The van der Waals surface area contributed by atoms with Crippen LogP contribution in [0, 0.1) is 23.7 Å². The predicted octanol–water partition coefficient (Wildman–Crippen LogP) is 25.9. The van der Waals surface area contributed by atoms with Gasteiger partial charge in [-0.05, 0) is 49.4 Å². The van der Waals surface area contributed by atoms with E-state index in [1.165, 1.54) is 244 Å². The Morgan fingerprint density at radius 1 is 0.267 bits per heavy atom. The zero-order valence-corrected chi connectivity index (χ0v) is 71.2. The second kappa shape index (κ2) is 74.8. The van der Waals surface area contributed by atoms with E-state index in [1.807, 2.05) is 0 Å². The van der Waals surface area contributed by atoms with E-state index < -0.39 is 97.5 Å². The Labute approximate surface area is 645 Å². The van der Waals surface area contributed by atoms with Crippen molar-refractivity contribution in [2.75, 3.05) is 39.6 Å². The molecule has 0 radical (unpaired) electrons. The normalized spacial score (nSPS) is 14.2. The number of aliphatic hydroxyl groups is 1. The van der Waals surface area contributed by atoms with E-state index in [-0.39, 0.29) is 25.7 Å². The summed E-state index contributed by atoms with van der Waals surface area (Å²) in [5.41, 5.74) is 0. The van der Waals surface area contributed by atoms with Gasteiger partial charge >= 0.3 is 39.5 Å². The van der Waals surface area contributed by atoms with Crippen molar-refractivity contribution in [1.82, 2.24) is 0 Å². The number of phosphoric acid groups is 2. The Morgan fingerprint density at radius 3 is 0.676 bits per heavy atom. The number of hydrogen-bond acceptors (Lipinski definition) is 15. The first-order valence-electron chi connectivity index (χ1n) is 44.2. The fraction of sp³-hybridized carbons (Fsp3) is 0.953. The molecule has 0 rings (SSSR count). The van der Waals surface area contributed by atoms with E-state index in [9.17, 15) is 43.2 Å². The van der Waals surface area contributed by atoms with E-state index in [0.717, 1.165) is 114 Å². The smallest absolute Gasteiger partial charge is 0.462 e. The van der Waals surface area contributed by atoms with E-state index in [0.29, 0.717) is 31.6 Å². The van der Waals surface area contributed by atoms with Gasteiger partial charge in [0.1, 0.15) is 19.3 Å². The molecule has 0 aromatic heterocycles. The quantitative estimate of drug-likeness (QED) is 0.0222. The lowest BCUT2D eigenvalue weighted by Gasteiger charge is -2.21. The Kier molecular flexibility index (Phi) is 73.4. The molecule has 0 aliphatic rings. The van der Waals surface area contributed by atoms with Crippen LogP contribution in [0.1, 0.15) is 447 Å². The van der Waals surface area contributed by atoms with Gasteiger partial charge in [-0.15, -0.1) is 0 Å². The van der Waals surface area contributed by atoms with Crippen LogP contribution in [0.4, 0.5) is 0 Å². The maximum absolute atomic E-state index is 13.1. The molecule has 6 atom stereocenters. The average Bonchev–Trinajstić information content (AvgIpc) is 0.907. The Morgan fingerprint density at radius 2 is 0.457 bits per heavy atom. The lowest BCUT2D eigenvalue weighted by molar-refractivity contribution is -0.161. The molecule has 0 saturated heterocycles. The summed E-state index contributed by atoms with van der Waals surface area (Å²) in [6.07, 6.45) is 64.0. The molecule has 17 nitrogen and oxygen atoms in total. The van der Waals surface area contributed by atoms with Gasteiger partial charge in [0, 0.05) is 25.7 Å². The third-order valence-electron chi connectivity index (χ3n) is 20.4. The first kappa shape index (κ1) is 103. The number of esters is 4. The van der Waals surface area contributed by atoms with Crippen molar-refractivity contribution in [3.05, 3.63) is 0 Å². The van der Waals surface area contributed by atoms with Crippen LogP contribution in [-0.2, 0) is 65.4 Å². The molecular formula is C86H168O17P2. The van der Waals surface area contributed by atoms with Crippen molar-refractivity contribution in [2.45, 2.75) is 465 Å². The highest BCUT2D eigenvalue weighted by molar-refractivity contribution is 7.47. The zero-order chi connectivity index (χ0) is 77.4. The summed E-state index contributed by atoms with van der Waals surface area (Å²) in [7, 11) is -9.93. The molecule has 19 heteroatoms. The van der Waals surface area contributed by atoms with Crippen molar-refractivity contribution >= 4 is 39.5 Å². The van der Waals surface area contributed by atoms with Crippen LogP contribution in [0.3, 0.4) is 0 Å². The van der Waals surface area contributed by atoms with Crippen LogP contribution in [0.25, 0.3) is 0 Å². The van der Waals surface area contributed by atoms with Crippen molar-refractivity contribution in [2.24, 2.45) is 23.7 Å². The van der Waals surface area contributed by atoms with Gasteiger partial charge in [-0.3, -0.25) is 37.3 Å². The zero-order valence-electron chi connectivity index (χ0n) is 69.4. The number of aliphatic hydroxyl groups excluding tert-OH is 1. The minimum Gasteiger partial charge on any atom is -0.462 e. The van der Waals surface area contributed by atoms with Crippen LogP contribution in [0.5, 0.6) is 0 Å². The van der Waals surface area contributed by atoms with Gasteiger partial charge in [0.05, 0.1) is 26.4 Å². The summed E-state index contributed by atoms with van der Waals surface area (Å²) < 4.78 is 68.8. The second-order valence-electron chi connectivity index (χ2n) is 32.6. The Hall–Kier alpha value is -1.94. The van der Waals surface area contributed by atoms with E-state index in [1.54, 1.807) is 0 Å². The molecule has 3 unspecified atom stereocenters. The summed E-state index contributed by atoms with van der Waals surface area (Å²) >= 11 is 0. The maximum Gasteiger partial charge on any atom is 0.472 e. The molecule has 0 aliphatic heterocycles. The van der Waals surface area contributed by atoms with Crippen LogP contribution in [-0.4, -0.2) is 96.7 Å². The topological polar surface area (TPSA) is 237 Å². The Balaban J connectivity index is 5.20. The highest BCUT2D eigenvalue weighted by Crippen LogP contribution is 2.45. The fourth-order valence-electron chi connectivity index (χ4n) is 13.3. The van der Waals surface area contributed by atoms with E-state index in [4.69, 9.17) is 37.0 Å². The third-order valence-corrected chi connectivity index (χ3v) is 22.3. The van der Waals surface area contributed by atoms with Crippen molar-refractivity contribution in [1.29, 1.82) is 0 Å². The second-order valence-corrected chi connectivity index (χ2v) is 35.5. The van der Waals surface area contributed by atoms with Crippen LogP contribution in [0.2, 0.25) is 0 Å². The molecule has 0 bridgehead atoms. The molecular weight excluding hydrogens is 1370 g/mol. The van der Waals surface area contributed by atoms with Crippen LogP contribution in [0.15, 0.2) is 0 Å². The lowest BCUT2D eigenvalue weighted by atomic mass is 9.99. The highest BCUT2D eigenvalue weighted by atomic mass is 31.2. The predicted molar refractivity (Wildman–Crippen MR) is 432 cm³/mol. The number of carbonyl (C=O) groups excluding carboxylic acids is 4. The fourth-order valence-corrected chi connectivity index (χ4v) is 14.9. The number of hydrogen-bond donors (Lipinski definition) is 3. The summed E-state index contributed by atoms with van der Waals surface area (Å²) in [6, 6.07) is 0. The number of unbranched alkanes of at least 4 members (excludes halogenated alkanes) is 48. The van der Waals surface area contributed by atoms with Gasteiger partial charge in [-0.25, -0.2) is 9.13 Å². The molecule has 0 aromatic rings. The van der Waals surface area contributed by atoms with E-state index >= 15 is 0 Å². The standard InChI is InChI=1S/C86H168O17P2/c1-9-79(8)65-57-49-40-34-28-22-14-12-10-11-13-15-23-29-35-41-50-58-66-83(88)96-72-81(102-85(90)68-60-52-42-36-30-24-18-16-20-26-32-38-46-54-62-76(2)3)74-100-104(92,93)98-70-80(87)71-99-105(94,95)101-75-82(73-97-84(89)67-59-51-45-44-48-56-64-78(6)7)103-86(91)69-61-53-43-37-31-25-19-17-21-27-33-39-47-55-63-77(4)5/h76-82,87H,9-75H2,1-8H3,(H,92,93)(H,94,95)/t79?,80-,81-,82-/m1/s1. The number of phosphoric ester groups is 2. The maximum atomic E-state index is 13.1. The number of rotatable bonds is 83. The summed E-state index contributed by atoms with van der Waals surface area (Å²) in [6.45, 7) is 14.3. The monoisotopic (exact) mass is 1540 g/mol. The molecule has 0 amide bonds. The molecule has 0 aliphatic carbocycles. The molecule has 3 N–H and O–H groups in total. The van der Waals surface area contributed by atoms with Gasteiger partial charge in [0.2, 0.25) is 0 Å². The minimum absolute atomic E-state index is 0.106.